The number of anilines is 1. The second-order valence-electron chi connectivity index (χ2n) is 8.95. The van der Waals surface area contributed by atoms with Gasteiger partial charge in [0.05, 0.1) is 31.9 Å². The third kappa shape index (κ3) is 5.00. The molecule has 1 aliphatic rings. The van der Waals surface area contributed by atoms with Crippen LogP contribution in [0.4, 0.5) is 5.69 Å². The van der Waals surface area contributed by atoms with Crippen molar-refractivity contribution in [3.8, 4) is 17.2 Å². The molecule has 0 radical (unpaired) electrons. The Balaban J connectivity index is 1.27. The van der Waals surface area contributed by atoms with Crippen LogP contribution in [0.15, 0.2) is 72.8 Å². The highest BCUT2D eigenvalue weighted by atomic mass is 16.5. The molecule has 1 amide bonds. The summed E-state index contributed by atoms with van der Waals surface area (Å²) in [7, 11) is 3.29. The summed E-state index contributed by atoms with van der Waals surface area (Å²) in [6, 6.07) is 23.5. The molecule has 0 N–H and O–H groups in total. The number of para-hydroxylation sites is 2. The van der Waals surface area contributed by atoms with Gasteiger partial charge >= 0.3 is 0 Å². The Labute approximate surface area is 211 Å². The molecule has 2 heterocycles. The molecular weight excluding hydrogens is 454 g/mol. The van der Waals surface area contributed by atoms with Crippen molar-refractivity contribution < 1.29 is 19.0 Å². The van der Waals surface area contributed by atoms with Gasteiger partial charge in [-0.25, -0.2) is 4.98 Å². The van der Waals surface area contributed by atoms with Gasteiger partial charge in [0.25, 0.3) is 0 Å². The minimum absolute atomic E-state index is 0.0339. The maximum atomic E-state index is 13.0. The number of unbranched alkanes of at least 4 members (excludes halogenated alkanes) is 1. The summed E-state index contributed by atoms with van der Waals surface area (Å²) < 4.78 is 18.7. The van der Waals surface area contributed by atoms with E-state index < -0.39 is 0 Å². The first kappa shape index (κ1) is 23.7. The van der Waals surface area contributed by atoms with Crippen LogP contribution in [-0.2, 0) is 11.3 Å². The molecule has 36 heavy (non-hydrogen) atoms. The van der Waals surface area contributed by atoms with E-state index in [-0.39, 0.29) is 11.8 Å². The lowest BCUT2D eigenvalue weighted by molar-refractivity contribution is -0.117. The molecule has 0 spiro atoms. The maximum Gasteiger partial charge on any atom is 0.227 e. The van der Waals surface area contributed by atoms with Gasteiger partial charge in [-0.2, -0.15) is 0 Å². The van der Waals surface area contributed by atoms with Gasteiger partial charge in [-0.1, -0.05) is 18.2 Å². The average Bonchev–Trinajstić information content (AvgIpc) is 3.49. The topological polar surface area (TPSA) is 65.8 Å². The van der Waals surface area contributed by atoms with Crippen LogP contribution in [0.5, 0.6) is 17.2 Å². The van der Waals surface area contributed by atoms with Crippen LogP contribution in [0.3, 0.4) is 0 Å². The van der Waals surface area contributed by atoms with E-state index in [0.29, 0.717) is 19.6 Å². The first-order valence-electron chi connectivity index (χ1n) is 12.3. The van der Waals surface area contributed by atoms with E-state index in [1.165, 1.54) is 0 Å². The Morgan fingerprint density at radius 2 is 1.67 bits per heavy atom. The van der Waals surface area contributed by atoms with Crippen molar-refractivity contribution in [1.82, 2.24) is 9.55 Å². The highest BCUT2D eigenvalue weighted by Crippen LogP contribution is 2.34. The zero-order valence-electron chi connectivity index (χ0n) is 20.7. The third-order valence-electron chi connectivity index (χ3n) is 6.64. The van der Waals surface area contributed by atoms with Crippen molar-refractivity contribution in [1.29, 1.82) is 0 Å². The first-order valence-corrected chi connectivity index (χ1v) is 12.3. The molecule has 1 fully saturated rings. The summed E-state index contributed by atoms with van der Waals surface area (Å²) in [5.74, 6) is 3.52. The standard InChI is InChI=1S/C29H31N3O4/c1-34-23-12-14-24(15-13-23)36-17-6-5-16-31-27-11-4-3-10-26(27)30-29(31)21-18-28(33)32(20-21)22-8-7-9-25(19-22)35-2/h3-4,7-15,19,21H,5-6,16-18,20H2,1-2H3/t21-/m0/s1. The molecule has 1 aromatic heterocycles. The fourth-order valence-corrected chi connectivity index (χ4v) is 4.78. The maximum absolute atomic E-state index is 13.0. The number of nitrogens with zero attached hydrogens (tertiary/aromatic N) is 3. The predicted octanol–water partition coefficient (Wildman–Crippen LogP) is 5.43. The van der Waals surface area contributed by atoms with Gasteiger partial charge in [0.15, 0.2) is 0 Å². The number of hydrogen-bond donors (Lipinski definition) is 0. The van der Waals surface area contributed by atoms with Gasteiger partial charge in [-0.05, 0) is 61.4 Å². The molecule has 0 bridgehead atoms. The molecule has 0 unspecified atom stereocenters. The molecule has 3 aromatic carbocycles. The zero-order valence-corrected chi connectivity index (χ0v) is 20.7. The fraction of sp³-hybridized carbons (Fsp3) is 0.310. The third-order valence-corrected chi connectivity index (χ3v) is 6.64. The molecule has 1 saturated heterocycles. The minimum Gasteiger partial charge on any atom is -0.497 e. The molecule has 186 valence electrons. The van der Waals surface area contributed by atoms with E-state index in [0.717, 1.165) is 59.2 Å². The van der Waals surface area contributed by atoms with Crippen molar-refractivity contribution >= 4 is 22.6 Å². The molecule has 0 saturated carbocycles. The first-order chi connectivity index (χ1) is 17.7. The number of aromatic nitrogens is 2. The number of hydrogen-bond acceptors (Lipinski definition) is 5. The lowest BCUT2D eigenvalue weighted by atomic mass is 10.1. The zero-order chi connectivity index (χ0) is 24.9. The summed E-state index contributed by atoms with van der Waals surface area (Å²) in [6.07, 6.45) is 2.31. The number of ether oxygens (including phenoxy) is 3. The molecular formula is C29H31N3O4. The van der Waals surface area contributed by atoms with Crippen LogP contribution in [0.25, 0.3) is 11.0 Å². The second kappa shape index (κ2) is 10.7. The number of carbonyl (C=O) groups is 1. The van der Waals surface area contributed by atoms with Crippen LogP contribution in [0.1, 0.15) is 31.0 Å². The number of benzene rings is 3. The van der Waals surface area contributed by atoms with Gasteiger partial charge in [-0.15, -0.1) is 0 Å². The van der Waals surface area contributed by atoms with Crippen LogP contribution >= 0.6 is 0 Å². The Morgan fingerprint density at radius 3 is 2.47 bits per heavy atom. The summed E-state index contributed by atoms with van der Waals surface area (Å²) in [4.78, 5) is 19.8. The second-order valence-corrected chi connectivity index (χ2v) is 8.95. The molecule has 4 aromatic rings. The van der Waals surface area contributed by atoms with E-state index >= 15 is 0 Å². The highest BCUT2D eigenvalue weighted by Gasteiger charge is 2.35. The van der Waals surface area contributed by atoms with Gasteiger partial charge in [0.1, 0.15) is 23.1 Å². The van der Waals surface area contributed by atoms with Crippen molar-refractivity contribution in [2.24, 2.45) is 0 Å². The van der Waals surface area contributed by atoms with Crippen LogP contribution in [0, 0.1) is 0 Å². The summed E-state index contributed by atoms with van der Waals surface area (Å²) in [6.45, 7) is 2.07. The largest absolute Gasteiger partial charge is 0.497 e. The van der Waals surface area contributed by atoms with Crippen LogP contribution < -0.4 is 19.1 Å². The van der Waals surface area contributed by atoms with E-state index in [1.807, 2.05) is 71.6 Å². The number of methoxy groups -OCH3 is 2. The summed E-state index contributed by atoms with van der Waals surface area (Å²) in [5, 5.41) is 0. The lowest BCUT2D eigenvalue weighted by Crippen LogP contribution is -2.24. The van der Waals surface area contributed by atoms with Crippen molar-refractivity contribution in [2.75, 3.05) is 32.3 Å². The molecule has 1 aliphatic heterocycles. The van der Waals surface area contributed by atoms with E-state index in [2.05, 4.69) is 10.6 Å². The number of rotatable bonds is 10. The molecule has 7 heteroatoms. The van der Waals surface area contributed by atoms with Crippen LogP contribution in [-0.4, -0.2) is 42.8 Å². The number of fused-ring (bicyclic) bond motifs is 1. The molecule has 7 nitrogen and oxygen atoms in total. The Hall–Kier alpha value is -4.00. The predicted molar refractivity (Wildman–Crippen MR) is 140 cm³/mol. The number of amides is 1. The Bertz CT molecular complexity index is 1330. The molecule has 1 atom stereocenters. The van der Waals surface area contributed by atoms with E-state index in [4.69, 9.17) is 19.2 Å². The lowest BCUT2D eigenvalue weighted by Gasteiger charge is -2.18. The van der Waals surface area contributed by atoms with Crippen molar-refractivity contribution in [2.45, 2.75) is 31.7 Å². The van der Waals surface area contributed by atoms with E-state index in [1.54, 1.807) is 14.2 Å². The summed E-state index contributed by atoms with van der Waals surface area (Å²) >= 11 is 0. The van der Waals surface area contributed by atoms with Gasteiger partial charge in [-0.3, -0.25) is 4.79 Å². The molecule has 5 rings (SSSR count). The minimum atomic E-state index is 0.0339. The summed E-state index contributed by atoms with van der Waals surface area (Å²) in [5.41, 5.74) is 2.94. The number of imidazole rings is 1. The number of aryl methyl sites for hydroxylation is 1. The Morgan fingerprint density at radius 1 is 0.889 bits per heavy atom. The highest BCUT2D eigenvalue weighted by molar-refractivity contribution is 5.96. The monoisotopic (exact) mass is 485 g/mol. The Kier molecular flexibility index (Phi) is 7.07. The SMILES string of the molecule is COc1ccc(OCCCCn2c([C@H]3CC(=O)N(c4cccc(OC)c4)C3)nc3ccccc32)cc1. The van der Waals surface area contributed by atoms with E-state index in [9.17, 15) is 4.79 Å². The fourth-order valence-electron chi connectivity index (χ4n) is 4.78. The van der Waals surface area contributed by atoms with Gasteiger partial charge in [0, 0.05) is 37.2 Å². The van der Waals surface area contributed by atoms with Crippen molar-refractivity contribution in [3.05, 3.63) is 78.6 Å². The normalized spacial score (nSPS) is 15.4. The van der Waals surface area contributed by atoms with Crippen LogP contribution in [0.2, 0.25) is 0 Å². The van der Waals surface area contributed by atoms with Crippen molar-refractivity contribution in [3.63, 3.8) is 0 Å². The smallest absolute Gasteiger partial charge is 0.227 e. The van der Waals surface area contributed by atoms with Gasteiger partial charge in [0.2, 0.25) is 5.91 Å². The quantitative estimate of drug-likeness (QED) is 0.280. The average molecular weight is 486 g/mol. The van der Waals surface area contributed by atoms with Gasteiger partial charge < -0.3 is 23.7 Å². The molecule has 0 aliphatic carbocycles. The number of carbonyl (C=O) groups excluding carboxylic acids is 1.